The molecule has 6 nitrogen and oxygen atoms in total. The summed E-state index contributed by atoms with van der Waals surface area (Å²) < 4.78 is 1.51. The second-order valence-electron chi connectivity index (χ2n) is 5.59. The molecule has 1 N–H and O–H groups in total. The molecule has 0 amide bonds. The molecule has 0 atom stereocenters. The van der Waals surface area contributed by atoms with Crippen molar-refractivity contribution in [2.45, 2.75) is 20.5 Å². The molecule has 2 aromatic carbocycles. The zero-order valence-electron chi connectivity index (χ0n) is 13.3. The zero-order chi connectivity index (χ0) is 17.4. The molecule has 0 aliphatic carbocycles. The molecule has 0 bridgehead atoms. The van der Waals surface area contributed by atoms with Gasteiger partial charge in [-0.3, -0.25) is 19.5 Å². The van der Waals surface area contributed by atoms with Crippen molar-refractivity contribution < 1.29 is 14.8 Å². The summed E-state index contributed by atoms with van der Waals surface area (Å²) in [6, 6.07) is 11.8. The molecule has 122 valence electrons. The van der Waals surface area contributed by atoms with Crippen LogP contribution in [0.15, 0.2) is 42.5 Å². The number of para-hydroxylation sites is 1. The summed E-state index contributed by atoms with van der Waals surface area (Å²) in [6.07, 6.45) is 0. The van der Waals surface area contributed by atoms with Gasteiger partial charge in [-0.1, -0.05) is 24.3 Å². The molecule has 3 rings (SSSR count). The van der Waals surface area contributed by atoms with Crippen molar-refractivity contribution in [3.8, 4) is 0 Å². The minimum absolute atomic E-state index is 0.0858. The highest BCUT2D eigenvalue weighted by molar-refractivity contribution is 6.05. The lowest BCUT2D eigenvalue weighted by Gasteiger charge is -2.10. The van der Waals surface area contributed by atoms with Crippen molar-refractivity contribution in [2.24, 2.45) is 0 Å². The van der Waals surface area contributed by atoms with E-state index in [1.54, 1.807) is 26.0 Å². The first-order valence-electron chi connectivity index (χ1n) is 7.45. The average molecular weight is 324 g/mol. The lowest BCUT2D eigenvalue weighted by Crippen LogP contribution is -2.15. The summed E-state index contributed by atoms with van der Waals surface area (Å²) in [5, 5.41) is 21.6. The first kappa shape index (κ1) is 15.9. The number of nitrogens with zero attached hydrogens (tertiary/aromatic N) is 2. The molecule has 1 heterocycles. The van der Waals surface area contributed by atoms with E-state index in [1.165, 1.54) is 16.7 Å². The van der Waals surface area contributed by atoms with Gasteiger partial charge in [0.15, 0.2) is 0 Å². The van der Waals surface area contributed by atoms with Crippen LogP contribution in [0.1, 0.15) is 27.2 Å². The van der Waals surface area contributed by atoms with E-state index in [9.17, 15) is 20.0 Å². The minimum Gasteiger partial charge on any atom is -0.392 e. The van der Waals surface area contributed by atoms with Crippen molar-refractivity contribution >= 4 is 22.5 Å². The molecular formula is C18H16N2O4. The third-order valence-electron chi connectivity index (χ3n) is 4.34. The van der Waals surface area contributed by atoms with Gasteiger partial charge in [0.2, 0.25) is 0 Å². The van der Waals surface area contributed by atoms with Crippen LogP contribution >= 0.6 is 0 Å². The van der Waals surface area contributed by atoms with Crippen LogP contribution in [-0.4, -0.2) is 20.5 Å². The van der Waals surface area contributed by atoms with E-state index in [1.807, 2.05) is 18.2 Å². The fraction of sp³-hybridized carbons (Fsp3) is 0.167. The van der Waals surface area contributed by atoms with Crippen LogP contribution < -0.4 is 0 Å². The molecule has 0 unspecified atom stereocenters. The number of hydrogen-bond acceptors (Lipinski definition) is 4. The predicted molar refractivity (Wildman–Crippen MR) is 90.2 cm³/mol. The Morgan fingerprint density at radius 2 is 1.88 bits per heavy atom. The molecule has 0 saturated heterocycles. The number of fused-ring (bicyclic) bond motifs is 1. The largest absolute Gasteiger partial charge is 0.392 e. The number of aromatic nitrogens is 1. The molecule has 0 saturated carbocycles. The molecule has 0 aliphatic heterocycles. The lowest BCUT2D eigenvalue weighted by molar-refractivity contribution is -0.385. The summed E-state index contributed by atoms with van der Waals surface area (Å²) in [4.78, 5) is 23.7. The van der Waals surface area contributed by atoms with Crippen LogP contribution in [0.4, 0.5) is 5.69 Å². The van der Waals surface area contributed by atoms with Crippen LogP contribution in [0, 0.1) is 24.0 Å². The molecule has 0 aliphatic rings. The Kier molecular flexibility index (Phi) is 3.91. The van der Waals surface area contributed by atoms with Gasteiger partial charge < -0.3 is 5.11 Å². The zero-order valence-corrected chi connectivity index (χ0v) is 13.3. The van der Waals surface area contributed by atoms with Gasteiger partial charge in [0.05, 0.1) is 22.6 Å². The standard InChI is InChI=1S/C18H16N2O4/c1-11-13(7-5-9-16(11)20(23)24)18(22)19-12(2)15(10-21)14-6-3-4-8-17(14)19/h3-9,21H,10H2,1-2H3. The summed E-state index contributed by atoms with van der Waals surface area (Å²) in [6.45, 7) is 3.15. The van der Waals surface area contributed by atoms with E-state index >= 15 is 0 Å². The van der Waals surface area contributed by atoms with Crippen LogP contribution in [0.3, 0.4) is 0 Å². The fourth-order valence-electron chi connectivity index (χ4n) is 3.07. The Labute approximate surface area is 138 Å². The van der Waals surface area contributed by atoms with Crippen molar-refractivity contribution in [1.82, 2.24) is 4.57 Å². The van der Waals surface area contributed by atoms with Crippen LogP contribution in [-0.2, 0) is 6.61 Å². The number of carbonyl (C=O) groups excluding carboxylic acids is 1. The van der Waals surface area contributed by atoms with Crippen LogP contribution in [0.25, 0.3) is 10.9 Å². The lowest BCUT2D eigenvalue weighted by atomic mass is 10.1. The van der Waals surface area contributed by atoms with E-state index in [4.69, 9.17) is 0 Å². The molecule has 0 radical (unpaired) electrons. The number of hydrogen-bond donors (Lipinski definition) is 1. The van der Waals surface area contributed by atoms with Crippen molar-refractivity contribution in [1.29, 1.82) is 0 Å². The molecule has 24 heavy (non-hydrogen) atoms. The molecular weight excluding hydrogens is 308 g/mol. The maximum atomic E-state index is 13.1. The molecule has 3 aromatic rings. The Morgan fingerprint density at radius 3 is 2.54 bits per heavy atom. The van der Waals surface area contributed by atoms with Gasteiger partial charge in [0, 0.05) is 28.3 Å². The minimum atomic E-state index is -0.494. The van der Waals surface area contributed by atoms with Crippen LogP contribution in [0.5, 0.6) is 0 Å². The van der Waals surface area contributed by atoms with Gasteiger partial charge >= 0.3 is 0 Å². The van der Waals surface area contributed by atoms with Gasteiger partial charge in [-0.15, -0.1) is 0 Å². The van der Waals surface area contributed by atoms with E-state index < -0.39 is 4.92 Å². The van der Waals surface area contributed by atoms with E-state index in [0.717, 1.165) is 5.39 Å². The topological polar surface area (TPSA) is 85.4 Å². The van der Waals surface area contributed by atoms with Gasteiger partial charge in [-0.25, -0.2) is 0 Å². The molecule has 6 heteroatoms. The molecule has 0 fully saturated rings. The predicted octanol–water partition coefficient (Wildman–Crippen LogP) is 3.35. The van der Waals surface area contributed by atoms with Gasteiger partial charge in [-0.05, 0) is 26.0 Å². The van der Waals surface area contributed by atoms with Crippen molar-refractivity contribution in [2.75, 3.05) is 0 Å². The Morgan fingerprint density at radius 1 is 1.17 bits per heavy atom. The number of aliphatic hydroxyl groups is 1. The highest BCUT2D eigenvalue weighted by Crippen LogP contribution is 2.29. The maximum absolute atomic E-state index is 13.1. The summed E-state index contributed by atoms with van der Waals surface area (Å²) in [7, 11) is 0. The smallest absolute Gasteiger partial charge is 0.273 e. The van der Waals surface area contributed by atoms with Crippen LogP contribution in [0.2, 0.25) is 0 Å². The monoisotopic (exact) mass is 324 g/mol. The third kappa shape index (κ3) is 2.28. The molecule has 1 aromatic heterocycles. The third-order valence-corrected chi connectivity index (χ3v) is 4.34. The quantitative estimate of drug-likeness (QED) is 0.591. The summed E-state index contributed by atoms with van der Waals surface area (Å²) in [5.74, 6) is -0.343. The van der Waals surface area contributed by atoms with Gasteiger partial charge in [0.25, 0.3) is 11.6 Å². The van der Waals surface area contributed by atoms with Crippen molar-refractivity contribution in [3.63, 3.8) is 0 Å². The van der Waals surface area contributed by atoms with Gasteiger partial charge in [0.1, 0.15) is 0 Å². The number of carbonyl (C=O) groups is 1. The highest BCUT2D eigenvalue weighted by Gasteiger charge is 2.23. The summed E-state index contributed by atoms with van der Waals surface area (Å²) in [5.41, 5.74) is 2.51. The van der Waals surface area contributed by atoms with E-state index in [2.05, 4.69) is 0 Å². The second kappa shape index (κ2) is 5.90. The number of rotatable bonds is 3. The molecule has 0 spiro atoms. The van der Waals surface area contributed by atoms with E-state index in [-0.39, 0.29) is 23.8 Å². The Bertz CT molecular complexity index is 973. The van der Waals surface area contributed by atoms with Gasteiger partial charge in [-0.2, -0.15) is 0 Å². The number of nitro benzene ring substituents is 1. The maximum Gasteiger partial charge on any atom is 0.273 e. The first-order chi connectivity index (χ1) is 11.5. The Balaban J connectivity index is 2.26. The highest BCUT2D eigenvalue weighted by atomic mass is 16.6. The number of nitro groups is 1. The number of benzene rings is 2. The SMILES string of the molecule is Cc1c(C(=O)n2c(C)c(CO)c3ccccc32)cccc1[N+](=O)[O-]. The van der Waals surface area contributed by atoms with Crippen molar-refractivity contribution in [3.05, 3.63) is 75.0 Å². The fourth-order valence-corrected chi connectivity index (χ4v) is 3.07. The number of aliphatic hydroxyl groups excluding tert-OH is 1. The normalized spacial score (nSPS) is 11.0. The Hall–Kier alpha value is -2.99. The summed E-state index contributed by atoms with van der Waals surface area (Å²) >= 11 is 0. The average Bonchev–Trinajstić information content (AvgIpc) is 2.85. The first-order valence-corrected chi connectivity index (χ1v) is 7.45. The van der Waals surface area contributed by atoms with E-state index in [0.29, 0.717) is 22.3 Å². The second-order valence-corrected chi connectivity index (χ2v) is 5.59.